The Kier molecular flexibility index (Phi) is 6.86. The van der Waals surface area contributed by atoms with E-state index in [1.165, 1.54) is 0 Å². The van der Waals surface area contributed by atoms with E-state index in [-0.39, 0.29) is 23.0 Å². The van der Waals surface area contributed by atoms with Gasteiger partial charge in [-0.15, -0.1) is 0 Å². The Labute approximate surface area is 199 Å². The summed E-state index contributed by atoms with van der Waals surface area (Å²) >= 11 is 6.04. The molecule has 1 N–H and O–H groups in total. The molecule has 174 valence electrons. The number of carbonyl (C=O) groups is 1. The van der Waals surface area contributed by atoms with Crippen molar-refractivity contribution in [3.63, 3.8) is 0 Å². The van der Waals surface area contributed by atoms with Crippen LogP contribution in [-0.2, 0) is 17.8 Å². The molecule has 1 aliphatic rings. The fraction of sp³-hybridized carbons (Fsp3) is 0.423. The number of aromatic nitrogens is 2. The number of hydrogen-bond donors (Lipinski definition) is 1. The number of nitrogens with one attached hydrogen (secondary N) is 1. The first kappa shape index (κ1) is 23.5. The first-order chi connectivity index (χ1) is 15.7. The molecule has 1 atom stereocenters. The molecule has 0 bridgehead atoms. The minimum atomic E-state index is -0.264. The summed E-state index contributed by atoms with van der Waals surface area (Å²) in [5, 5.41) is 10.1. The lowest BCUT2D eigenvalue weighted by Crippen LogP contribution is -2.48. The molecular weight excluding hydrogens is 436 g/mol. The van der Waals surface area contributed by atoms with Crippen molar-refractivity contribution in [1.82, 2.24) is 20.0 Å². The van der Waals surface area contributed by atoms with Gasteiger partial charge in [0.25, 0.3) is 5.56 Å². The Balaban J connectivity index is 1.60. The number of likely N-dealkylation sites (tertiary alicyclic amines) is 1. The number of amides is 1. The van der Waals surface area contributed by atoms with Crippen LogP contribution in [0.5, 0.6) is 0 Å². The molecule has 1 amide bonds. The molecule has 0 aliphatic carbocycles. The van der Waals surface area contributed by atoms with Crippen LogP contribution in [0.2, 0.25) is 5.02 Å². The predicted molar refractivity (Wildman–Crippen MR) is 133 cm³/mol. The summed E-state index contributed by atoms with van der Waals surface area (Å²) in [7, 11) is 0. The molecule has 33 heavy (non-hydrogen) atoms. The van der Waals surface area contributed by atoms with E-state index in [1.807, 2.05) is 69.3 Å². The van der Waals surface area contributed by atoms with E-state index in [9.17, 15) is 9.59 Å². The zero-order chi connectivity index (χ0) is 23.6. The summed E-state index contributed by atoms with van der Waals surface area (Å²) in [5.74, 6) is 0.0108. The summed E-state index contributed by atoms with van der Waals surface area (Å²) in [6, 6.07) is 15.5. The summed E-state index contributed by atoms with van der Waals surface area (Å²) < 4.78 is 1.60. The van der Waals surface area contributed by atoms with Crippen LogP contribution < -0.4 is 10.9 Å². The number of benzene rings is 2. The first-order valence-corrected chi connectivity index (χ1v) is 11.9. The van der Waals surface area contributed by atoms with Gasteiger partial charge in [0, 0.05) is 28.4 Å². The monoisotopic (exact) mass is 466 g/mol. The third-order valence-corrected chi connectivity index (χ3v) is 6.22. The lowest BCUT2D eigenvalue weighted by molar-refractivity contribution is -0.123. The molecule has 1 aromatic heterocycles. The Morgan fingerprint density at radius 2 is 1.82 bits per heavy atom. The van der Waals surface area contributed by atoms with Crippen LogP contribution in [-0.4, -0.2) is 45.3 Å². The summed E-state index contributed by atoms with van der Waals surface area (Å²) in [6.07, 6.45) is 2.56. The standard InChI is InChI=1S/C26H31ClN4O2/c1-26(2,3)28-24(32)17-30-14-6-7-20(30)16-31-25(33)22-9-5-4-8-21(22)23(29-31)15-18-10-12-19(27)13-11-18/h4-5,8-13,20H,6-7,14-17H2,1-3H3,(H,28,32)/t20-/m1/s1. The van der Waals surface area contributed by atoms with Gasteiger partial charge >= 0.3 is 0 Å². The highest BCUT2D eigenvalue weighted by molar-refractivity contribution is 6.30. The van der Waals surface area contributed by atoms with E-state index in [4.69, 9.17) is 16.7 Å². The molecule has 0 unspecified atom stereocenters. The van der Waals surface area contributed by atoms with Gasteiger partial charge in [-0.2, -0.15) is 5.10 Å². The van der Waals surface area contributed by atoms with Crippen LogP contribution in [0.4, 0.5) is 0 Å². The van der Waals surface area contributed by atoms with Gasteiger partial charge in [-0.1, -0.05) is 41.9 Å². The molecule has 0 saturated carbocycles. The van der Waals surface area contributed by atoms with E-state index >= 15 is 0 Å². The quantitative estimate of drug-likeness (QED) is 0.595. The number of carbonyl (C=O) groups excluding carboxylic acids is 1. The van der Waals surface area contributed by atoms with Crippen molar-refractivity contribution in [3.05, 3.63) is 75.2 Å². The lowest BCUT2D eigenvalue weighted by atomic mass is 10.0. The van der Waals surface area contributed by atoms with Crippen molar-refractivity contribution >= 4 is 28.3 Å². The fourth-order valence-corrected chi connectivity index (χ4v) is 4.63. The van der Waals surface area contributed by atoms with Crippen molar-refractivity contribution < 1.29 is 4.79 Å². The molecule has 7 heteroatoms. The highest BCUT2D eigenvalue weighted by Crippen LogP contribution is 2.21. The van der Waals surface area contributed by atoms with Crippen molar-refractivity contribution in [1.29, 1.82) is 0 Å². The molecule has 0 spiro atoms. The van der Waals surface area contributed by atoms with E-state index in [1.54, 1.807) is 4.68 Å². The smallest absolute Gasteiger partial charge is 0.274 e. The molecule has 0 radical (unpaired) electrons. The average Bonchev–Trinajstić information content (AvgIpc) is 3.18. The van der Waals surface area contributed by atoms with Gasteiger partial charge < -0.3 is 5.32 Å². The third-order valence-electron chi connectivity index (χ3n) is 5.97. The highest BCUT2D eigenvalue weighted by atomic mass is 35.5. The summed E-state index contributed by atoms with van der Waals surface area (Å²) in [5.41, 5.74) is 1.60. The van der Waals surface area contributed by atoms with Gasteiger partial charge in [0.1, 0.15) is 0 Å². The third kappa shape index (κ3) is 5.81. The molecule has 2 aromatic carbocycles. The van der Waals surface area contributed by atoms with Crippen LogP contribution in [0, 0.1) is 0 Å². The Morgan fingerprint density at radius 3 is 2.52 bits per heavy atom. The Bertz CT molecular complexity index is 1200. The molecule has 2 heterocycles. The molecular formula is C26H31ClN4O2. The van der Waals surface area contributed by atoms with Gasteiger partial charge in [0.15, 0.2) is 0 Å². The minimum Gasteiger partial charge on any atom is -0.350 e. The maximum Gasteiger partial charge on any atom is 0.274 e. The fourth-order valence-electron chi connectivity index (χ4n) is 4.51. The molecule has 1 aliphatic heterocycles. The zero-order valence-corrected chi connectivity index (χ0v) is 20.2. The number of hydrogen-bond acceptors (Lipinski definition) is 4. The van der Waals surface area contributed by atoms with Gasteiger partial charge in [0.05, 0.1) is 24.2 Å². The van der Waals surface area contributed by atoms with Crippen LogP contribution in [0.1, 0.15) is 44.9 Å². The van der Waals surface area contributed by atoms with Crippen molar-refractivity contribution in [3.8, 4) is 0 Å². The zero-order valence-electron chi connectivity index (χ0n) is 19.5. The second-order valence-electron chi connectivity index (χ2n) is 9.85. The Morgan fingerprint density at radius 1 is 1.12 bits per heavy atom. The largest absolute Gasteiger partial charge is 0.350 e. The van der Waals surface area contributed by atoms with Gasteiger partial charge in [-0.05, 0) is 63.9 Å². The second-order valence-corrected chi connectivity index (χ2v) is 10.3. The SMILES string of the molecule is CC(C)(C)NC(=O)CN1CCC[C@@H]1Cn1nc(Cc2ccc(Cl)cc2)c2ccccc2c1=O. The van der Waals surface area contributed by atoms with Crippen LogP contribution in [0.25, 0.3) is 10.8 Å². The van der Waals surface area contributed by atoms with Gasteiger partial charge in [-0.25, -0.2) is 4.68 Å². The van der Waals surface area contributed by atoms with Gasteiger partial charge in [0.2, 0.25) is 5.91 Å². The lowest BCUT2D eigenvalue weighted by Gasteiger charge is -2.27. The van der Waals surface area contributed by atoms with Crippen LogP contribution in [0.15, 0.2) is 53.3 Å². The topological polar surface area (TPSA) is 67.2 Å². The van der Waals surface area contributed by atoms with Crippen LogP contribution >= 0.6 is 11.6 Å². The number of nitrogens with zero attached hydrogens (tertiary/aromatic N) is 3. The van der Waals surface area contributed by atoms with Crippen molar-refractivity contribution in [2.24, 2.45) is 0 Å². The molecule has 1 saturated heterocycles. The van der Waals surface area contributed by atoms with E-state index in [2.05, 4.69) is 10.2 Å². The summed E-state index contributed by atoms with van der Waals surface area (Å²) in [6.45, 7) is 7.59. The second kappa shape index (κ2) is 9.65. The van der Waals surface area contributed by atoms with E-state index in [0.717, 1.165) is 36.0 Å². The average molecular weight is 467 g/mol. The molecule has 4 rings (SSSR count). The maximum absolute atomic E-state index is 13.3. The predicted octanol–water partition coefficient (Wildman–Crippen LogP) is 4.02. The Hall–Kier alpha value is -2.70. The highest BCUT2D eigenvalue weighted by Gasteiger charge is 2.28. The minimum absolute atomic E-state index is 0.0108. The maximum atomic E-state index is 13.3. The molecule has 6 nitrogen and oxygen atoms in total. The van der Waals surface area contributed by atoms with Crippen LogP contribution in [0.3, 0.4) is 0 Å². The summed E-state index contributed by atoms with van der Waals surface area (Å²) in [4.78, 5) is 27.9. The molecule has 1 fully saturated rings. The van der Waals surface area contributed by atoms with E-state index in [0.29, 0.717) is 29.9 Å². The number of fused-ring (bicyclic) bond motifs is 1. The number of halogens is 1. The van der Waals surface area contributed by atoms with Crippen molar-refractivity contribution in [2.75, 3.05) is 13.1 Å². The normalized spacial score (nSPS) is 16.9. The first-order valence-electron chi connectivity index (χ1n) is 11.5. The molecule has 3 aromatic rings. The van der Waals surface area contributed by atoms with E-state index < -0.39 is 0 Å². The van der Waals surface area contributed by atoms with Gasteiger partial charge in [-0.3, -0.25) is 14.5 Å². The number of rotatable bonds is 6. The van der Waals surface area contributed by atoms with Crippen molar-refractivity contribution in [2.45, 2.75) is 58.2 Å².